The van der Waals surface area contributed by atoms with Crippen LogP contribution in [0.1, 0.15) is 28.8 Å². The minimum atomic E-state index is -3.66. The van der Waals surface area contributed by atoms with Gasteiger partial charge in [0, 0.05) is 30.3 Å². The lowest BCUT2D eigenvalue weighted by molar-refractivity contribution is -0.385. The molecule has 1 heterocycles. The molecular formula is C19H21N3O6S. The summed E-state index contributed by atoms with van der Waals surface area (Å²) in [7, 11) is -2.24. The van der Waals surface area contributed by atoms with Crippen LogP contribution in [-0.2, 0) is 10.0 Å². The molecule has 0 atom stereocenters. The number of nitro groups is 1. The number of carbonyl (C=O) groups excluding carboxylic acids is 1. The van der Waals surface area contributed by atoms with E-state index >= 15 is 0 Å². The van der Waals surface area contributed by atoms with Crippen LogP contribution >= 0.6 is 0 Å². The molecule has 1 N–H and O–H groups in total. The molecule has 0 bridgehead atoms. The van der Waals surface area contributed by atoms with Crippen molar-refractivity contribution in [3.63, 3.8) is 0 Å². The van der Waals surface area contributed by atoms with E-state index in [1.54, 1.807) is 6.92 Å². The predicted octanol–water partition coefficient (Wildman–Crippen LogP) is 2.95. The quantitative estimate of drug-likeness (QED) is 0.568. The number of rotatable bonds is 6. The molecular weight excluding hydrogens is 398 g/mol. The van der Waals surface area contributed by atoms with E-state index in [-0.39, 0.29) is 21.8 Å². The zero-order valence-corrected chi connectivity index (χ0v) is 16.9. The van der Waals surface area contributed by atoms with Crippen molar-refractivity contribution in [2.24, 2.45) is 0 Å². The Morgan fingerprint density at radius 2 is 1.86 bits per heavy atom. The molecule has 3 rings (SSSR count). The average Bonchev–Trinajstić information content (AvgIpc) is 3.23. The van der Waals surface area contributed by atoms with E-state index in [1.807, 2.05) is 0 Å². The van der Waals surface area contributed by atoms with Crippen LogP contribution in [0.15, 0.2) is 41.3 Å². The number of ether oxygens (including phenoxy) is 1. The maximum atomic E-state index is 12.8. The van der Waals surface area contributed by atoms with Gasteiger partial charge in [0.05, 0.1) is 22.6 Å². The number of carbonyl (C=O) groups is 1. The lowest BCUT2D eigenvalue weighted by Crippen LogP contribution is -2.28. The zero-order chi connectivity index (χ0) is 21.2. The van der Waals surface area contributed by atoms with Crippen LogP contribution in [0.25, 0.3) is 0 Å². The second-order valence-corrected chi connectivity index (χ2v) is 8.62. The molecule has 0 saturated carbocycles. The summed E-state index contributed by atoms with van der Waals surface area (Å²) in [4.78, 5) is 23.1. The molecule has 0 aliphatic carbocycles. The molecule has 2 aromatic carbocycles. The highest BCUT2D eigenvalue weighted by Crippen LogP contribution is 2.30. The Kier molecular flexibility index (Phi) is 5.85. The van der Waals surface area contributed by atoms with E-state index in [0.717, 1.165) is 12.8 Å². The highest BCUT2D eigenvalue weighted by molar-refractivity contribution is 7.89. The highest BCUT2D eigenvalue weighted by atomic mass is 32.2. The van der Waals surface area contributed by atoms with Gasteiger partial charge in [-0.25, -0.2) is 8.42 Å². The average molecular weight is 419 g/mol. The van der Waals surface area contributed by atoms with E-state index in [2.05, 4.69) is 5.32 Å². The van der Waals surface area contributed by atoms with Gasteiger partial charge >= 0.3 is 0 Å². The summed E-state index contributed by atoms with van der Waals surface area (Å²) >= 11 is 0. The van der Waals surface area contributed by atoms with Gasteiger partial charge in [-0.15, -0.1) is 0 Å². The number of hydrogen-bond acceptors (Lipinski definition) is 6. The number of amides is 1. The van der Waals surface area contributed by atoms with E-state index < -0.39 is 20.9 Å². The van der Waals surface area contributed by atoms with Crippen LogP contribution in [0.5, 0.6) is 5.75 Å². The standard InChI is InChI=1S/C19H21N3O6S/c1-13-11-14(5-7-17(13)22(24)25)19(23)20-16-12-15(6-8-18(16)28-2)29(26,27)21-9-3-4-10-21/h5-8,11-12H,3-4,9-10H2,1-2H3,(H,20,23). The molecule has 1 aliphatic heterocycles. The van der Waals surface area contributed by atoms with E-state index in [9.17, 15) is 23.3 Å². The van der Waals surface area contributed by atoms with Crippen molar-refractivity contribution in [3.8, 4) is 5.75 Å². The van der Waals surface area contributed by atoms with Crippen LogP contribution in [0.4, 0.5) is 11.4 Å². The number of hydrogen-bond donors (Lipinski definition) is 1. The molecule has 0 aromatic heterocycles. The van der Waals surface area contributed by atoms with Gasteiger partial charge in [0.25, 0.3) is 11.6 Å². The van der Waals surface area contributed by atoms with Crippen LogP contribution in [0, 0.1) is 17.0 Å². The molecule has 0 spiro atoms. The number of nitrogens with zero attached hydrogens (tertiary/aromatic N) is 2. The zero-order valence-electron chi connectivity index (χ0n) is 16.0. The van der Waals surface area contributed by atoms with Crippen LogP contribution < -0.4 is 10.1 Å². The maximum Gasteiger partial charge on any atom is 0.272 e. The number of nitrogens with one attached hydrogen (secondary N) is 1. The lowest BCUT2D eigenvalue weighted by atomic mass is 10.1. The van der Waals surface area contributed by atoms with Gasteiger partial charge < -0.3 is 10.1 Å². The third-order valence-electron chi connectivity index (χ3n) is 4.78. The molecule has 1 fully saturated rings. The van der Waals surface area contributed by atoms with Crippen molar-refractivity contribution in [2.75, 3.05) is 25.5 Å². The second kappa shape index (κ2) is 8.18. The SMILES string of the molecule is COc1ccc(S(=O)(=O)N2CCCC2)cc1NC(=O)c1ccc([N+](=O)[O-])c(C)c1. The summed E-state index contributed by atoms with van der Waals surface area (Å²) in [6.07, 6.45) is 1.64. The lowest BCUT2D eigenvalue weighted by Gasteiger charge is -2.17. The van der Waals surface area contributed by atoms with Gasteiger partial charge in [-0.2, -0.15) is 4.31 Å². The minimum Gasteiger partial charge on any atom is -0.495 e. The van der Waals surface area contributed by atoms with Gasteiger partial charge in [0.2, 0.25) is 10.0 Å². The largest absolute Gasteiger partial charge is 0.495 e. The number of anilines is 1. The molecule has 1 saturated heterocycles. The summed E-state index contributed by atoms with van der Waals surface area (Å²) in [6.45, 7) is 2.48. The van der Waals surface area contributed by atoms with Gasteiger partial charge in [-0.3, -0.25) is 14.9 Å². The predicted molar refractivity (Wildman–Crippen MR) is 107 cm³/mol. The van der Waals surface area contributed by atoms with E-state index in [1.165, 1.54) is 47.8 Å². The van der Waals surface area contributed by atoms with Crippen molar-refractivity contribution in [1.29, 1.82) is 0 Å². The van der Waals surface area contributed by atoms with Crippen molar-refractivity contribution in [3.05, 3.63) is 57.6 Å². The molecule has 154 valence electrons. The van der Waals surface area contributed by atoms with Gasteiger partial charge in [-0.1, -0.05) is 0 Å². The Hall–Kier alpha value is -2.98. The van der Waals surface area contributed by atoms with Crippen molar-refractivity contribution < 1.29 is 22.9 Å². The summed E-state index contributed by atoms with van der Waals surface area (Å²) in [5.74, 6) is -0.227. The number of aryl methyl sites for hydroxylation is 1. The molecule has 1 amide bonds. The van der Waals surface area contributed by atoms with E-state index in [4.69, 9.17) is 4.74 Å². The first kappa shape index (κ1) is 20.7. The monoisotopic (exact) mass is 419 g/mol. The first-order valence-electron chi connectivity index (χ1n) is 8.98. The topological polar surface area (TPSA) is 119 Å². The first-order valence-corrected chi connectivity index (χ1v) is 10.4. The van der Waals surface area contributed by atoms with Crippen molar-refractivity contribution >= 4 is 27.3 Å². The molecule has 10 heteroatoms. The second-order valence-electron chi connectivity index (χ2n) is 6.69. The van der Waals surface area contributed by atoms with Gasteiger partial charge in [0.1, 0.15) is 5.75 Å². The number of nitro benzene ring substituents is 1. The Balaban J connectivity index is 1.91. The summed E-state index contributed by atoms with van der Waals surface area (Å²) in [6, 6.07) is 8.30. The van der Waals surface area contributed by atoms with Crippen LogP contribution in [-0.4, -0.2) is 43.8 Å². The fraction of sp³-hybridized carbons (Fsp3) is 0.316. The van der Waals surface area contributed by atoms with Crippen molar-refractivity contribution in [1.82, 2.24) is 4.31 Å². The van der Waals surface area contributed by atoms with Gasteiger partial charge in [-0.05, 0) is 50.1 Å². The fourth-order valence-corrected chi connectivity index (χ4v) is 4.76. The summed E-state index contributed by atoms with van der Waals surface area (Å²) in [5.41, 5.74) is 0.676. The van der Waals surface area contributed by atoms with E-state index in [0.29, 0.717) is 24.4 Å². The molecule has 29 heavy (non-hydrogen) atoms. The first-order chi connectivity index (χ1) is 13.7. The van der Waals surface area contributed by atoms with Gasteiger partial charge in [0.15, 0.2) is 0 Å². The Bertz CT molecular complexity index is 1060. The molecule has 0 radical (unpaired) electrons. The molecule has 2 aromatic rings. The maximum absolute atomic E-state index is 12.8. The summed E-state index contributed by atoms with van der Waals surface area (Å²) < 4.78 is 32.2. The van der Waals surface area contributed by atoms with Crippen molar-refractivity contribution in [2.45, 2.75) is 24.7 Å². The Morgan fingerprint density at radius 3 is 2.45 bits per heavy atom. The number of benzene rings is 2. The normalized spacial score (nSPS) is 14.6. The number of sulfonamides is 1. The Labute approximate surface area is 168 Å². The molecule has 0 unspecified atom stereocenters. The number of methoxy groups -OCH3 is 1. The third-order valence-corrected chi connectivity index (χ3v) is 6.67. The smallest absolute Gasteiger partial charge is 0.272 e. The van der Waals surface area contributed by atoms with Crippen LogP contribution in [0.2, 0.25) is 0 Å². The van der Waals surface area contributed by atoms with Crippen LogP contribution in [0.3, 0.4) is 0 Å². The Morgan fingerprint density at radius 1 is 1.17 bits per heavy atom. The molecule has 9 nitrogen and oxygen atoms in total. The highest BCUT2D eigenvalue weighted by Gasteiger charge is 2.28. The minimum absolute atomic E-state index is 0.0652. The molecule has 1 aliphatic rings. The summed E-state index contributed by atoms with van der Waals surface area (Å²) in [5, 5.41) is 13.6. The third kappa shape index (κ3) is 4.22. The fourth-order valence-electron chi connectivity index (χ4n) is 3.22.